The van der Waals surface area contributed by atoms with E-state index >= 15 is 0 Å². The van der Waals surface area contributed by atoms with Crippen molar-refractivity contribution in [3.05, 3.63) is 34.6 Å². The molecule has 3 aromatic rings. The van der Waals surface area contributed by atoms with Crippen LogP contribution in [0.25, 0.3) is 16.7 Å². The summed E-state index contributed by atoms with van der Waals surface area (Å²) in [6, 6.07) is 9.66. The maximum Gasteiger partial charge on any atom is 0.262 e. The SMILES string of the molecule is CC(C)CCn1c(=O)c2ccccc2n2c(SC(C)C#N)nnc12. The van der Waals surface area contributed by atoms with Gasteiger partial charge in [0.25, 0.3) is 5.56 Å². The zero-order valence-electron chi connectivity index (χ0n) is 13.9. The molecule has 0 N–H and O–H groups in total. The molecule has 0 spiro atoms. The maximum atomic E-state index is 12.9. The molecule has 0 radical (unpaired) electrons. The summed E-state index contributed by atoms with van der Waals surface area (Å²) < 4.78 is 3.58. The molecule has 2 heterocycles. The molecule has 1 atom stereocenters. The number of para-hydroxylation sites is 1. The molecular formula is C17H19N5OS. The summed E-state index contributed by atoms with van der Waals surface area (Å²) in [6.45, 7) is 6.68. The molecule has 0 aliphatic heterocycles. The Balaban J connectivity index is 2.29. The van der Waals surface area contributed by atoms with Gasteiger partial charge in [-0.25, -0.2) is 0 Å². The largest absolute Gasteiger partial charge is 0.276 e. The zero-order valence-corrected chi connectivity index (χ0v) is 14.7. The van der Waals surface area contributed by atoms with Crippen LogP contribution in [-0.4, -0.2) is 24.4 Å². The normalized spacial score (nSPS) is 12.8. The van der Waals surface area contributed by atoms with Crippen LogP contribution in [0.3, 0.4) is 0 Å². The van der Waals surface area contributed by atoms with E-state index in [1.807, 2.05) is 35.6 Å². The first-order chi connectivity index (χ1) is 11.5. The van der Waals surface area contributed by atoms with E-state index in [1.54, 1.807) is 4.57 Å². The molecule has 0 saturated carbocycles. The average molecular weight is 341 g/mol. The fourth-order valence-corrected chi connectivity index (χ4v) is 3.33. The fourth-order valence-electron chi connectivity index (χ4n) is 2.58. The van der Waals surface area contributed by atoms with Crippen molar-refractivity contribution in [1.29, 1.82) is 5.26 Å². The molecule has 7 heteroatoms. The topological polar surface area (TPSA) is 76.0 Å². The summed E-state index contributed by atoms with van der Waals surface area (Å²) in [4.78, 5) is 12.9. The van der Waals surface area contributed by atoms with Crippen molar-refractivity contribution in [3.63, 3.8) is 0 Å². The Hall–Kier alpha value is -2.33. The predicted molar refractivity (Wildman–Crippen MR) is 95.1 cm³/mol. The van der Waals surface area contributed by atoms with Gasteiger partial charge in [0.15, 0.2) is 5.16 Å². The first-order valence-corrected chi connectivity index (χ1v) is 8.84. The van der Waals surface area contributed by atoms with Gasteiger partial charge in [0.2, 0.25) is 5.78 Å². The van der Waals surface area contributed by atoms with Crippen molar-refractivity contribution in [1.82, 2.24) is 19.2 Å². The smallest absolute Gasteiger partial charge is 0.262 e. The minimum absolute atomic E-state index is 0.0453. The third-order valence-corrected chi connectivity index (χ3v) is 4.81. The van der Waals surface area contributed by atoms with E-state index in [4.69, 9.17) is 5.26 Å². The Bertz CT molecular complexity index is 982. The van der Waals surface area contributed by atoms with E-state index in [-0.39, 0.29) is 10.8 Å². The summed E-state index contributed by atoms with van der Waals surface area (Å²) in [5.41, 5.74) is 0.729. The van der Waals surface area contributed by atoms with E-state index < -0.39 is 0 Å². The van der Waals surface area contributed by atoms with Crippen LogP contribution in [0, 0.1) is 17.2 Å². The molecule has 0 aliphatic rings. The van der Waals surface area contributed by atoms with Crippen LogP contribution < -0.4 is 5.56 Å². The molecule has 2 aromatic heterocycles. The molecule has 0 saturated heterocycles. The lowest BCUT2D eigenvalue weighted by molar-refractivity contribution is 0.512. The van der Waals surface area contributed by atoms with E-state index in [0.717, 1.165) is 11.9 Å². The van der Waals surface area contributed by atoms with Crippen molar-refractivity contribution in [2.24, 2.45) is 5.92 Å². The average Bonchev–Trinajstić information content (AvgIpc) is 2.98. The summed E-state index contributed by atoms with van der Waals surface area (Å²) in [5, 5.41) is 18.6. The van der Waals surface area contributed by atoms with Crippen molar-refractivity contribution in [2.75, 3.05) is 0 Å². The number of rotatable bonds is 5. The lowest BCUT2D eigenvalue weighted by Gasteiger charge is -2.12. The van der Waals surface area contributed by atoms with Crippen LogP contribution in [0.5, 0.6) is 0 Å². The lowest BCUT2D eigenvalue weighted by Crippen LogP contribution is -2.24. The molecule has 0 fully saturated rings. The molecule has 24 heavy (non-hydrogen) atoms. The Kier molecular flexibility index (Phi) is 4.58. The third-order valence-electron chi connectivity index (χ3n) is 3.87. The van der Waals surface area contributed by atoms with Crippen molar-refractivity contribution < 1.29 is 0 Å². The number of hydrogen-bond acceptors (Lipinski definition) is 5. The number of thioether (sulfide) groups is 1. The van der Waals surface area contributed by atoms with Crippen LogP contribution in [0.15, 0.2) is 34.2 Å². The predicted octanol–water partition coefficient (Wildman–Crippen LogP) is 3.09. The number of aryl methyl sites for hydroxylation is 1. The Morgan fingerprint density at radius 2 is 2.00 bits per heavy atom. The summed E-state index contributed by atoms with van der Waals surface area (Å²) in [7, 11) is 0. The van der Waals surface area contributed by atoms with E-state index in [1.165, 1.54) is 11.8 Å². The van der Waals surface area contributed by atoms with Gasteiger partial charge in [-0.05, 0) is 31.4 Å². The van der Waals surface area contributed by atoms with Crippen LogP contribution in [0.4, 0.5) is 0 Å². The first-order valence-electron chi connectivity index (χ1n) is 7.96. The zero-order chi connectivity index (χ0) is 17.3. The standard InChI is InChI=1S/C17H19N5OS/c1-11(2)8-9-21-15(23)13-6-4-5-7-14(13)22-16(21)19-20-17(22)24-12(3)10-18/h4-7,11-12H,8-9H2,1-3H3. The Morgan fingerprint density at radius 3 is 2.71 bits per heavy atom. The third kappa shape index (κ3) is 2.89. The summed E-state index contributed by atoms with van der Waals surface area (Å²) in [5.74, 6) is 1.02. The van der Waals surface area contributed by atoms with Crippen molar-refractivity contribution in [3.8, 4) is 6.07 Å². The number of aromatic nitrogens is 4. The number of nitriles is 1. The Labute approximate surface area is 144 Å². The highest BCUT2D eigenvalue weighted by Crippen LogP contribution is 2.24. The highest BCUT2D eigenvalue weighted by atomic mass is 32.2. The first kappa shape index (κ1) is 16.5. The number of nitrogens with zero attached hydrogens (tertiary/aromatic N) is 5. The molecule has 0 amide bonds. The minimum atomic E-state index is -0.243. The second-order valence-corrected chi connectivity index (χ2v) is 7.47. The van der Waals surface area contributed by atoms with Gasteiger partial charge < -0.3 is 0 Å². The van der Waals surface area contributed by atoms with E-state index in [9.17, 15) is 4.79 Å². The van der Waals surface area contributed by atoms with Gasteiger partial charge in [0.05, 0.1) is 22.2 Å². The second-order valence-electron chi connectivity index (χ2n) is 6.16. The van der Waals surface area contributed by atoms with Gasteiger partial charge in [-0.15, -0.1) is 10.2 Å². The van der Waals surface area contributed by atoms with E-state index in [0.29, 0.717) is 28.8 Å². The monoisotopic (exact) mass is 341 g/mol. The van der Waals surface area contributed by atoms with Crippen molar-refractivity contribution in [2.45, 2.75) is 44.1 Å². The quantitative estimate of drug-likeness (QED) is 0.667. The number of benzene rings is 1. The fraction of sp³-hybridized carbons (Fsp3) is 0.412. The van der Waals surface area contributed by atoms with Gasteiger partial charge in [-0.3, -0.25) is 13.8 Å². The van der Waals surface area contributed by atoms with Crippen LogP contribution >= 0.6 is 11.8 Å². The van der Waals surface area contributed by atoms with Gasteiger partial charge in [-0.2, -0.15) is 5.26 Å². The second kappa shape index (κ2) is 6.65. The lowest BCUT2D eigenvalue weighted by atomic mass is 10.1. The molecule has 0 aliphatic carbocycles. The van der Waals surface area contributed by atoms with Crippen LogP contribution in [-0.2, 0) is 6.54 Å². The minimum Gasteiger partial charge on any atom is -0.276 e. The molecule has 1 aromatic carbocycles. The van der Waals surface area contributed by atoms with Gasteiger partial charge in [0.1, 0.15) is 0 Å². The maximum absolute atomic E-state index is 12.9. The molecule has 3 rings (SSSR count). The van der Waals surface area contributed by atoms with Crippen molar-refractivity contribution >= 4 is 28.4 Å². The molecule has 1 unspecified atom stereocenters. The number of fused-ring (bicyclic) bond motifs is 3. The van der Waals surface area contributed by atoms with Crippen LogP contribution in [0.1, 0.15) is 27.2 Å². The summed E-state index contributed by atoms with van der Waals surface area (Å²) >= 11 is 1.35. The molecular weight excluding hydrogens is 322 g/mol. The number of hydrogen-bond donors (Lipinski definition) is 0. The molecule has 6 nitrogen and oxygen atoms in total. The van der Waals surface area contributed by atoms with Gasteiger partial charge in [-0.1, -0.05) is 37.7 Å². The Morgan fingerprint density at radius 1 is 1.25 bits per heavy atom. The van der Waals surface area contributed by atoms with E-state index in [2.05, 4.69) is 30.1 Å². The highest BCUT2D eigenvalue weighted by molar-refractivity contribution is 8.00. The van der Waals surface area contributed by atoms with Gasteiger partial charge in [0, 0.05) is 6.54 Å². The molecule has 0 bridgehead atoms. The van der Waals surface area contributed by atoms with Gasteiger partial charge >= 0.3 is 0 Å². The van der Waals surface area contributed by atoms with Crippen LogP contribution in [0.2, 0.25) is 0 Å². The highest BCUT2D eigenvalue weighted by Gasteiger charge is 2.18. The molecule has 124 valence electrons. The summed E-state index contributed by atoms with van der Waals surface area (Å²) in [6.07, 6.45) is 0.887.